The van der Waals surface area contributed by atoms with Gasteiger partial charge in [-0.2, -0.15) is 4.31 Å². The molecule has 0 aromatic heterocycles. The van der Waals surface area contributed by atoms with Crippen LogP contribution in [-0.4, -0.2) is 38.6 Å². The van der Waals surface area contributed by atoms with E-state index >= 15 is 0 Å². The molecule has 4 nitrogen and oxygen atoms in total. The Morgan fingerprint density at radius 1 is 1.42 bits per heavy atom. The Labute approximate surface area is 125 Å². The van der Waals surface area contributed by atoms with E-state index in [4.69, 9.17) is 5.73 Å². The van der Waals surface area contributed by atoms with Crippen LogP contribution in [0.5, 0.6) is 0 Å². The molecule has 108 valence electrons. The van der Waals surface area contributed by atoms with Crippen LogP contribution >= 0.6 is 24.2 Å². The van der Waals surface area contributed by atoms with Crippen LogP contribution in [0.2, 0.25) is 0 Å². The van der Waals surface area contributed by atoms with E-state index in [-0.39, 0.29) is 12.4 Å². The Morgan fingerprint density at radius 3 is 2.68 bits per heavy atom. The van der Waals surface area contributed by atoms with Gasteiger partial charge in [0.2, 0.25) is 10.0 Å². The Morgan fingerprint density at radius 2 is 2.11 bits per heavy atom. The van der Waals surface area contributed by atoms with Crippen LogP contribution in [0.4, 0.5) is 0 Å². The molecule has 1 heterocycles. The third-order valence-corrected chi connectivity index (χ3v) is 6.12. The van der Waals surface area contributed by atoms with Crippen LogP contribution in [0.1, 0.15) is 6.42 Å². The highest BCUT2D eigenvalue weighted by molar-refractivity contribution is 7.99. The SMILES string of the molecule is CSc1ccccc1S(=O)(=O)N1CCC(CN)C1.Cl. The van der Waals surface area contributed by atoms with Crippen LogP contribution in [0.15, 0.2) is 34.1 Å². The molecule has 2 rings (SSSR count). The normalized spacial score (nSPS) is 20.2. The summed E-state index contributed by atoms with van der Waals surface area (Å²) in [6.07, 6.45) is 2.75. The molecule has 1 aromatic rings. The van der Waals surface area contributed by atoms with E-state index in [0.29, 0.717) is 30.4 Å². The standard InChI is InChI=1S/C12H18N2O2S2.ClH/c1-17-11-4-2-3-5-12(11)18(15,16)14-7-6-10(8-13)9-14;/h2-5,10H,6-9,13H2,1H3;1H. The van der Waals surface area contributed by atoms with Crippen molar-refractivity contribution in [1.82, 2.24) is 4.31 Å². The van der Waals surface area contributed by atoms with Crippen LogP contribution in [0, 0.1) is 5.92 Å². The highest BCUT2D eigenvalue weighted by Gasteiger charge is 2.32. The van der Waals surface area contributed by atoms with E-state index in [1.807, 2.05) is 18.4 Å². The molecule has 1 aliphatic heterocycles. The van der Waals surface area contributed by atoms with Gasteiger partial charge in [0.15, 0.2) is 0 Å². The zero-order chi connectivity index (χ0) is 13.2. The van der Waals surface area contributed by atoms with E-state index in [9.17, 15) is 8.42 Å². The van der Waals surface area contributed by atoms with Crippen molar-refractivity contribution in [3.8, 4) is 0 Å². The van der Waals surface area contributed by atoms with Gasteiger partial charge in [-0.05, 0) is 37.3 Å². The van der Waals surface area contributed by atoms with Gasteiger partial charge in [-0.1, -0.05) is 12.1 Å². The largest absolute Gasteiger partial charge is 0.330 e. The lowest BCUT2D eigenvalue weighted by Gasteiger charge is -2.18. The predicted molar refractivity (Wildman–Crippen MR) is 81.4 cm³/mol. The smallest absolute Gasteiger partial charge is 0.244 e. The third-order valence-electron chi connectivity index (χ3n) is 3.27. The Bertz CT molecular complexity index is 522. The van der Waals surface area contributed by atoms with Crippen molar-refractivity contribution in [2.24, 2.45) is 11.7 Å². The first-order valence-electron chi connectivity index (χ1n) is 5.93. The molecule has 1 fully saturated rings. The second-order valence-corrected chi connectivity index (χ2v) is 7.16. The van der Waals surface area contributed by atoms with E-state index in [0.717, 1.165) is 11.3 Å². The fourth-order valence-corrected chi connectivity index (χ4v) is 4.83. The highest BCUT2D eigenvalue weighted by Crippen LogP contribution is 2.29. The predicted octanol–water partition coefficient (Wildman–Crippen LogP) is 1.80. The summed E-state index contributed by atoms with van der Waals surface area (Å²) in [4.78, 5) is 1.21. The summed E-state index contributed by atoms with van der Waals surface area (Å²) < 4.78 is 26.6. The van der Waals surface area contributed by atoms with E-state index in [1.165, 1.54) is 11.8 Å². The van der Waals surface area contributed by atoms with Crippen molar-refractivity contribution in [3.05, 3.63) is 24.3 Å². The highest BCUT2D eigenvalue weighted by atomic mass is 35.5. The van der Waals surface area contributed by atoms with Crippen molar-refractivity contribution in [2.45, 2.75) is 16.2 Å². The Hall–Kier alpha value is -0.270. The van der Waals surface area contributed by atoms with Gasteiger partial charge in [0.1, 0.15) is 0 Å². The van der Waals surface area contributed by atoms with Crippen LogP contribution in [0.3, 0.4) is 0 Å². The van der Waals surface area contributed by atoms with Crippen LogP contribution in [-0.2, 0) is 10.0 Å². The minimum atomic E-state index is -3.37. The number of benzene rings is 1. The fraction of sp³-hybridized carbons (Fsp3) is 0.500. The van der Waals surface area contributed by atoms with Gasteiger partial charge in [-0.3, -0.25) is 0 Å². The van der Waals surface area contributed by atoms with Crippen molar-refractivity contribution in [1.29, 1.82) is 0 Å². The number of sulfonamides is 1. The molecule has 1 aliphatic rings. The zero-order valence-corrected chi connectivity index (χ0v) is 13.2. The van der Waals surface area contributed by atoms with Gasteiger partial charge in [-0.25, -0.2) is 8.42 Å². The number of nitrogens with two attached hydrogens (primary N) is 1. The van der Waals surface area contributed by atoms with Gasteiger partial charge >= 0.3 is 0 Å². The number of rotatable bonds is 4. The van der Waals surface area contributed by atoms with Crippen molar-refractivity contribution >= 4 is 34.2 Å². The monoisotopic (exact) mass is 322 g/mol. The average molecular weight is 323 g/mol. The molecule has 1 aromatic carbocycles. The number of hydrogen-bond donors (Lipinski definition) is 1. The molecular weight excluding hydrogens is 304 g/mol. The lowest BCUT2D eigenvalue weighted by atomic mass is 10.1. The molecule has 19 heavy (non-hydrogen) atoms. The quantitative estimate of drug-likeness (QED) is 0.859. The third kappa shape index (κ3) is 3.44. The van der Waals surface area contributed by atoms with Crippen LogP contribution < -0.4 is 5.73 Å². The zero-order valence-electron chi connectivity index (χ0n) is 10.8. The molecule has 0 amide bonds. The van der Waals surface area contributed by atoms with Crippen molar-refractivity contribution in [2.75, 3.05) is 25.9 Å². The molecule has 0 saturated carbocycles. The number of nitrogens with zero attached hydrogens (tertiary/aromatic N) is 1. The van der Waals surface area contributed by atoms with Crippen molar-refractivity contribution in [3.63, 3.8) is 0 Å². The number of hydrogen-bond acceptors (Lipinski definition) is 4. The lowest BCUT2D eigenvalue weighted by molar-refractivity contribution is 0.457. The molecule has 0 bridgehead atoms. The first-order chi connectivity index (χ1) is 8.59. The molecule has 2 N–H and O–H groups in total. The van der Waals surface area contributed by atoms with Gasteiger partial charge in [0.05, 0.1) is 4.90 Å². The molecule has 7 heteroatoms. The maximum Gasteiger partial charge on any atom is 0.244 e. The van der Waals surface area contributed by atoms with Gasteiger partial charge < -0.3 is 5.73 Å². The topological polar surface area (TPSA) is 63.4 Å². The minimum absolute atomic E-state index is 0. The summed E-state index contributed by atoms with van der Waals surface area (Å²) in [6.45, 7) is 1.67. The second-order valence-electron chi connectivity index (χ2n) is 4.40. The van der Waals surface area contributed by atoms with Gasteiger partial charge in [0.25, 0.3) is 0 Å². The Balaban J connectivity index is 0.00000180. The van der Waals surface area contributed by atoms with Gasteiger partial charge in [0, 0.05) is 18.0 Å². The molecule has 1 atom stereocenters. The summed E-state index contributed by atoms with van der Waals surface area (Å²) in [5.41, 5.74) is 5.61. The second kappa shape index (κ2) is 6.95. The summed E-state index contributed by atoms with van der Waals surface area (Å²) in [7, 11) is -3.37. The first kappa shape index (κ1) is 16.8. The fourth-order valence-electron chi connectivity index (χ4n) is 2.18. The maximum atomic E-state index is 12.5. The number of thioether (sulfide) groups is 1. The molecule has 1 unspecified atom stereocenters. The first-order valence-corrected chi connectivity index (χ1v) is 8.59. The summed E-state index contributed by atoms with van der Waals surface area (Å²) in [5.74, 6) is 0.293. The van der Waals surface area contributed by atoms with Gasteiger partial charge in [-0.15, -0.1) is 24.2 Å². The summed E-state index contributed by atoms with van der Waals surface area (Å²) in [5, 5.41) is 0. The van der Waals surface area contributed by atoms with E-state index in [2.05, 4.69) is 0 Å². The van der Waals surface area contributed by atoms with E-state index in [1.54, 1.807) is 16.4 Å². The lowest BCUT2D eigenvalue weighted by Crippen LogP contribution is -2.30. The van der Waals surface area contributed by atoms with Crippen LogP contribution in [0.25, 0.3) is 0 Å². The van der Waals surface area contributed by atoms with E-state index < -0.39 is 10.0 Å². The minimum Gasteiger partial charge on any atom is -0.330 e. The summed E-state index contributed by atoms with van der Waals surface area (Å²) in [6, 6.07) is 7.14. The molecule has 0 radical (unpaired) electrons. The Kier molecular flexibility index (Phi) is 6.14. The molecular formula is C12H19ClN2O2S2. The maximum absolute atomic E-state index is 12.5. The number of halogens is 1. The summed E-state index contributed by atoms with van der Waals surface area (Å²) >= 11 is 1.46. The van der Waals surface area contributed by atoms with Crippen molar-refractivity contribution < 1.29 is 8.42 Å². The molecule has 0 spiro atoms. The molecule has 0 aliphatic carbocycles. The average Bonchev–Trinajstić information content (AvgIpc) is 2.88. The molecule has 1 saturated heterocycles.